The molecule has 1 unspecified atom stereocenters. The van der Waals surface area contributed by atoms with Gasteiger partial charge in [-0.05, 0) is 43.0 Å². The van der Waals surface area contributed by atoms with E-state index in [0.717, 1.165) is 24.3 Å². The van der Waals surface area contributed by atoms with E-state index >= 15 is 0 Å². The molecule has 0 saturated heterocycles. The van der Waals surface area contributed by atoms with Crippen molar-refractivity contribution in [3.05, 3.63) is 24.3 Å². The summed E-state index contributed by atoms with van der Waals surface area (Å²) in [5, 5.41) is 2.71. The number of hydrogen-bond acceptors (Lipinski definition) is 2. The molecule has 0 heterocycles. The highest BCUT2D eigenvalue weighted by Crippen LogP contribution is 2.17. The van der Waals surface area contributed by atoms with E-state index in [1.807, 2.05) is 24.3 Å². The molecule has 0 bridgehead atoms. The zero-order valence-corrected chi connectivity index (χ0v) is 11.7. The third-order valence-corrected chi connectivity index (χ3v) is 2.87. The van der Waals surface area contributed by atoms with Gasteiger partial charge in [0.05, 0.1) is 6.61 Å². The molecule has 0 fully saturated rings. The van der Waals surface area contributed by atoms with Crippen LogP contribution in [-0.4, -0.2) is 18.4 Å². The number of halogens is 1. The smallest absolute Gasteiger partial charge is 0.221 e. The van der Waals surface area contributed by atoms with E-state index in [1.165, 1.54) is 6.92 Å². The number of hydrogen-bond donors (Lipinski definition) is 1. The molecule has 0 aromatic heterocycles. The van der Waals surface area contributed by atoms with Crippen LogP contribution >= 0.6 is 11.6 Å². The highest BCUT2D eigenvalue weighted by Gasteiger charge is 2.02. The molecule has 1 amide bonds. The molecule has 1 rings (SSSR count). The summed E-state index contributed by atoms with van der Waals surface area (Å²) in [6.07, 6.45) is 2.02. The van der Waals surface area contributed by atoms with Crippen LogP contribution in [0.1, 0.15) is 26.7 Å². The summed E-state index contributed by atoms with van der Waals surface area (Å²) in [6.45, 7) is 4.35. The van der Waals surface area contributed by atoms with Crippen molar-refractivity contribution in [2.45, 2.75) is 26.7 Å². The SMILES string of the molecule is CC(=O)Nc1ccc(OCCC(C)CCCl)cc1. The lowest BCUT2D eigenvalue weighted by Crippen LogP contribution is -2.06. The van der Waals surface area contributed by atoms with Crippen LogP contribution in [0.4, 0.5) is 5.69 Å². The second-order valence-corrected chi connectivity index (χ2v) is 4.80. The Hall–Kier alpha value is -1.22. The van der Waals surface area contributed by atoms with E-state index in [1.54, 1.807) is 0 Å². The molecule has 0 radical (unpaired) electrons. The second-order valence-electron chi connectivity index (χ2n) is 4.43. The molecule has 0 saturated carbocycles. The maximum absolute atomic E-state index is 10.9. The first-order valence-electron chi connectivity index (χ1n) is 6.18. The van der Waals surface area contributed by atoms with Crippen LogP contribution in [0.3, 0.4) is 0 Å². The fourth-order valence-electron chi connectivity index (χ4n) is 1.55. The Morgan fingerprint density at radius 3 is 2.56 bits per heavy atom. The fourth-order valence-corrected chi connectivity index (χ4v) is 1.92. The van der Waals surface area contributed by atoms with Gasteiger partial charge in [0.2, 0.25) is 5.91 Å². The normalized spacial score (nSPS) is 11.9. The zero-order chi connectivity index (χ0) is 13.4. The molecular formula is C14H20ClNO2. The Morgan fingerprint density at radius 1 is 1.33 bits per heavy atom. The average Bonchev–Trinajstić information content (AvgIpc) is 2.31. The van der Waals surface area contributed by atoms with Crippen molar-refractivity contribution in [3.8, 4) is 5.75 Å². The lowest BCUT2D eigenvalue weighted by atomic mass is 10.1. The summed E-state index contributed by atoms with van der Waals surface area (Å²) in [4.78, 5) is 10.9. The van der Waals surface area contributed by atoms with Gasteiger partial charge < -0.3 is 10.1 Å². The van der Waals surface area contributed by atoms with Gasteiger partial charge in [0, 0.05) is 18.5 Å². The van der Waals surface area contributed by atoms with Crippen molar-refractivity contribution in [1.29, 1.82) is 0 Å². The summed E-state index contributed by atoms with van der Waals surface area (Å²) in [6, 6.07) is 7.38. The van der Waals surface area contributed by atoms with E-state index in [4.69, 9.17) is 16.3 Å². The van der Waals surface area contributed by atoms with Crippen molar-refractivity contribution in [3.63, 3.8) is 0 Å². The highest BCUT2D eigenvalue weighted by molar-refractivity contribution is 6.17. The van der Waals surface area contributed by atoms with Gasteiger partial charge in [-0.3, -0.25) is 4.79 Å². The summed E-state index contributed by atoms with van der Waals surface area (Å²) in [5.41, 5.74) is 0.783. The van der Waals surface area contributed by atoms with E-state index in [2.05, 4.69) is 12.2 Å². The van der Waals surface area contributed by atoms with Gasteiger partial charge >= 0.3 is 0 Å². The quantitative estimate of drug-likeness (QED) is 0.767. The van der Waals surface area contributed by atoms with Crippen LogP contribution in [0, 0.1) is 5.92 Å². The van der Waals surface area contributed by atoms with Crippen molar-refractivity contribution < 1.29 is 9.53 Å². The molecule has 1 atom stereocenters. The number of benzene rings is 1. The summed E-state index contributed by atoms with van der Waals surface area (Å²) >= 11 is 5.68. The third-order valence-electron chi connectivity index (χ3n) is 2.66. The van der Waals surface area contributed by atoms with Crippen LogP contribution in [0.5, 0.6) is 5.75 Å². The monoisotopic (exact) mass is 269 g/mol. The number of carbonyl (C=O) groups excluding carboxylic acids is 1. The number of nitrogens with one attached hydrogen (secondary N) is 1. The summed E-state index contributed by atoms with van der Waals surface area (Å²) in [5.74, 6) is 2.04. The molecule has 0 aliphatic heterocycles. The Labute approximate surface area is 113 Å². The Balaban J connectivity index is 2.32. The Morgan fingerprint density at radius 2 is 2.00 bits per heavy atom. The molecular weight excluding hydrogens is 250 g/mol. The van der Waals surface area contributed by atoms with Gasteiger partial charge in [0.15, 0.2) is 0 Å². The molecule has 0 aliphatic carbocycles. The molecule has 4 heteroatoms. The number of rotatable bonds is 7. The molecule has 1 aromatic rings. The highest BCUT2D eigenvalue weighted by atomic mass is 35.5. The van der Waals surface area contributed by atoms with E-state index in [-0.39, 0.29) is 5.91 Å². The fraction of sp³-hybridized carbons (Fsp3) is 0.500. The van der Waals surface area contributed by atoms with E-state index in [9.17, 15) is 4.79 Å². The third kappa shape index (κ3) is 5.92. The van der Waals surface area contributed by atoms with Crippen LogP contribution in [0.25, 0.3) is 0 Å². The molecule has 1 N–H and O–H groups in total. The van der Waals surface area contributed by atoms with Gasteiger partial charge in [-0.25, -0.2) is 0 Å². The average molecular weight is 270 g/mol. The topological polar surface area (TPSA) is 38.3 Å². The lowest BCUT2D eigenvalue weighted by molar-refractivity contribution is -0.114. The van der Waals surface area contributed by atoms with Crippen molar-refractivity contribution in [1.82, 2.24) is 0 Å². The largest absolute Gasteiger partial charge is 0.494 e. The molecule has 100 valence electrons. The molecule has 18 heavy (non-hydrogen) atoms. The van der Waals surface area contributed by atoms with E-state index < -0.39 is 0 Å². The number of amides is 1. The lowest BCUT2D eigenvalue weighted by Gasteiger charge is -2.11. The summed E-state index contributed by atoms with van der Waals surface area (Å²) < 4.78 is 5.63. The standard InChI is InChI=1S/C14H20ClNO2/c1-11(7-9-15)8-10-18-14-5-3-13(4-6-14)16-12(2)17/h3-6,11H,7-10H2,1-2H3,(H,16,17). The maximum Gasteiger partial charge on any atom is 0.221 e. The van der Waals surface area contributed by atoms with Crippen LogP contribution in [0.15, 0.2) is 24.3 Å². The van der Waals surface area contributed by atoms with E-state index in [0.29, 0.717) is 18.4 Å². The number of anilines is 1. The minimum absolute atomic E-state index is 0.0708. The predicted octanol–water partition coefficient (Wildman–Crippen LogP) is 3.68. The molecule has 1 aromatic carbocycles. The number of ether oxygens (including phenoxy) is 1. The minimum atomic E-state index is -0.0708. The van der Waals surface area contributed by atoms with Gasteiger partial charge in [-0.2, -0.15) is 0 Å². The predicted molar refractivity (Wildman–Crippen MR) is 75.4 cm³/mol. The summed E-state index contributed by atoms with van der Waals surface area (Å²) in [7, 11) is 0. The zero-order valence-electron chi connectivity index (χ0n) is 10.9. The van der Waals surface area contributed by atoms with Crippen molar-refractivity contribution >= 4 is 23.2 Å². The van der Waals surface area contributed by atoms with Gasteiger partial charge in [0.1, 0.15) is 5.75 Å². The first-order valence-corrected chi connectivity index (χ1v) is 6.71. The molecule has 0 aliphatic rings. The molecule has 3 nitrogen and oxygen atoms in total. The van der Waals surface area contributed by atoms with Gasteiger partial charge in [-0.1, -0.05) is 6.92 Å². The van der Waals surface area contributed by atoms with Crippen molar-refractivity contribution in [2.24, 2.45) is 5.92 Å². The van der Waals surface area contributed by atoms with Gasteiger partial charge in [0.25, 0.3) is 0 Å². The number of alkyl halides is 1. The Bertz CT molecular complexity index is 365. The van der Waals surface area contributed by atoms with Crippen molar-refractivity contribution in [2.75, 3.05) is 17.8 Å². The Kier molecular flexibility index (Phi) is 6.58. The number of carbonyl (C=O) groups is 1. The van der Waals surface area contributed by atoms with Crippen LogP contribution in [0.2, 0.25) is 0 Å². The maximum atomic E-state index is 10.9. The first-order chi connectivity index (χ1) is 8.61. The minimum Gasteiger partial charge on any atom is -0.494 e. The second kappa shape index (κ2) is 7.98. The van der Waals surface area contributed by atoms with Crippen LogP contribution < -0.4 is 10.1 Å². The first kappa shape index (κ1) is 14.8. The van der Waals surface area contributed by atoms with Crippen LogP contribution in [-0.2, 0) is 4.79 Å². The molecule has 0 spiro atoms. The van der Waals surface area contributed by atoms with Gasteiger partial charge in [-0.15, -0.1) is 11.6 Å².